The van der Waals surface area contributed by atoms with Crippen LogP contribution in [0.25, 0.3) is 5.57 Å². The maximum absolute atomic E-state index is 13.7. The molecular weight excluding hydrogens is 340 g/mol. The fourth-order valence-corrected chi connectivity index (χ4v) is 3.88. The van der Waals surface area contributed by atoms with Crippen LogP contribution < -0.4 is 5.32 Å². The lowest BCUT2D eigenvalue weighted by Crippen LogP contribution is -2.20. The van der Waals surface area contributed by atoms with Crippen molar-refractivity contribution in [1.82, 2.24) is 5.32 Å². The zero-order chi connectivity index (χ0) is 15.5. The third-order valence-corrected chi connectivity index (χ3v) is 5.28. The predicted octanol–water partition coefficient (Wildman–Crippen LogP) is 5.66. The Morgan fingerprint density at radius 3 is 2.59 bits per heavy atom. The Bertz CT molecular complexity index is 731. The van der Waals surface area contributed by atoms with Gasteiger partial charge in [0, 0.05) is 21.4 Å². The van der Waals surface area contributed by atoms with Crippen LogP contribution in [0.15, 0.2) is 52.3 Å². The van der Waals surface area contributed by atoms with E-state index in [0.29, 0.717) is 10.0 Å². The average molecular weight is 354 g/mol. The lowest BCUT2D eigenvalue weighted by Gasteiger charge is -2.17. The molecule has 1 aliphatic heterocycles. The molecule has 0 atom stereocenters. The third-order valence-electron chi connectivity index (χ3n) is 3.47. The van der Waals surface area contributed by atoms with Gasteiger partial charge < -0.3 is 5.32 Å². The van der Waals surface area contributed by atoms with E-state index in [9.17, 15) is 4.39 Å². The summed E-state index contributed by atoms with van der Waals surface area (Å²) in [6.07, 6.45) is 3.01. The van der Waals surface area contributed by atoms with Gasteiger partial charge in [0.2, 0.25) is 0 Å². The van der Waals surface area contributed by atoms with Crippen LogP contribution in [0.3, 0.4) is 0 Å². The molecule has 114 valence electrons. The van der Waals surface area contributed by atoms with E-state index in [1.807, 2.05) is 18.2 Å². The highest BCUT2D eigenvalue weighted by atomic mass is 35.5. The molecule has 0 aromatic heterocycles. The van der Waals surface area contributed by atoms with E-state index in [1.54, 1.807) is 12.1 Å². The second-order valence-electron chi connectivity index (χ2n) is 5.00. The van der Waals surface area contributed by atoms with Gasteiger partial charge in [-0.25, -0.2) is 4.39 Å². The molecule has 3 rings (SSSR count). The number of hydrogen-bond acceptors (Lipinski definition) is 2. The molecule has 0 spiro atoms. The third kappa shape index (κ3) is 3.66. The molecule has 1 nitrogen and oxygen atoms in total. The first-order valence-electron chi connectivity index (χ1n) is 6.96. The standard InChI is InChI=1S/C17H14Cl2FNS/c18-12-1-3-17(15(19)9-12)22-16-4-2-13(20)10-14(16)11-5-7-21-8-6-11/h1-5,9-10,21H,6-8H2. The topological polar surface area (TPSA) is 12.0 Å². The highest BCUT2D eigenvalue weighted by Gasteiger charge is 2.14. The van der Waals surface area contributed by atoms with Crippen molar-refractivity contribution in [3.05, 3.63) is 63.9 Å². The molecule has 1 N–H and O–H groups in total. The van der Waals surface area contributed by atoms with Crippen molar-refractivity contribution in [2.75, 3.05) is 13.1 Å². The SMILES string of the molecule is Fc1ccc(Sc2ccc(Cl)cc2Cl)c(C2=CCNCC2)c1. The van der Waals surface area contributed by atoms with Crippen LogP contribution in [0.1, 0.15) is 12.0 Å². The minimum Gasteiger partial charge on any atom is -0.313 e. The highest BCUT2D eigenvalue weighted by Crippen LogP contribution is 2.39. The summed E-state index contributed by atoms with van der Waals surface area (Å²) in [6, 6.07) is 10.3. The van der Waals surface area contributed by atoms with Gasteiger partial charge in [0.1, 0.15) is 5.82 Å². The molecule has 0 saturated heterocycles. The molecule has 0 amide bonds. The fourth-order valence-electron chi connectivity index (χ4n) is 2.39. The van der Waals surface area contributed by atoms with Crippen molar-refractivity contribution in [3.63, 3.8) is 0 Å². The maximum atomic E-state index is 13.7. The summed E-state index contributed by atoms with van der Waals surface area (Å²) in [7, 11) is 0. The number of nitrogens with one attached hydrogen (secondary N) is 1. The van der Waals surface area contributed by atoms with Gasteiger partial charge in [-0.2, -0.15) is 0 Å². The zero-order valence-corrected chi connectivity index (χ0v) is 14.0. The first-order valence-corrected chi connectivity index (χ1v) is 8.53. The van der Waals surface area contributed by atoms with E-state index in [-0.39, 0.29) is 5.82 Å². The number of benzene rings is 2. The van der Waals surface area contributed by atoms with E-state index >= 15 is 0 Å². The molecule has 0 fully saturated rings. The van der Waals surface area contributed by atoms with Gasteiger partial charge in [-0.05, 0) is 60.5 Å². The van der Waals surface area contributed by atoms with Crippen LogP contribution in [0.5, 0.6) is 0 Å². The van der Waals surface area contributed by atoms with E-state index in [4.69, 9.17) is 23.2 Å². The summed E-state index contributed by atoms with van der Waals surface area (Å²) in [4.78, 5) is 1.91. The molecule has 0 saturated carbocycles. The highest BCUT2D eigenvalue weighted by molar-refractivity contribution is 7.99. The Labute approximate surface area is 143 Å². The largest absolute Gasteiger partial charge is 0.313 e. The summed E-state index contributed by atoms with van der Waals surface area (Å²) in [5.74, 6) is -0.221. The normalized spacial score (nSPS) is 14.8. The quantitative estimate of drug-likeness (QED) is 0.763. The van der Waals surface area contributed by atoms with Crippen molar-refractivity contribution in [2.24, 2.45) is 0 Å². The van der Waals surface area contributed by atoms with Crippen LogP contribution in [0.4, 0.5) is 4.39 Å². The van der Waals surface area contributed by atoms with Crippen molar-refractivity contribution < 1.29 is 4.39 Å². The Balaban J connectivity index is 1.98. The molecule has 2 aromatic rings. The molecule has 2 aromatic carbocycles. The van der Waals surface area contributed by atoms with Crippen LogP contribution in [-0.2, 0) is 0 Å². The first kappa shape index (κ1) is 15.9. The van der Waals surface area contributed by atoms with Gasteiger partial charge in [-0.3, -0.25) is 0 Å². The Hall–Kier alpha value is -1.00. The summed E-state index contributed by atoms with van der Waals surface area (Å²) < 4.78 is 13.7. The zero-order valence-electron chi connectivity index (χ0n) is 11.7. The van der Waals surface area contributed by atoms with E-state index < -0.39 is 0 Å². The Morgan fingerprint density at radius 1 is 1.05 bits per heavy atom. The maximum Gasteiger partial charge on any atom is 0.123 e. The monoisotopic (exact) mass is 353 g/mol. The van der Waals surface area contributed by atoms with Crippen LogP contribution in [0, 0.1) is 5.82 Å². The second-order valence-corrected chi connectivity index (χ2v) is 6.93. The summed E-state index contributed by atoms with van der Waals surface area (Å²) in [6.45, 7) is 1.73. The van der Waals surface area contributed by atoms with Gasteiger partial charge >= 0.3 is 0 Å². The molecule has 22 heavy (non-hydrogen) atoms. The molecule has 1 aliphatic rings. The van der Waals surface area contributed by atoms with E-state index in [2.05, 4.69) is 11.4 Å². The lowest BCUT2D eigenvalue weighted by atomic mass is 10.0. The minimum absolute atomic E-state index is 0.221. The number of rotatable bonds is 3. The molecule has 0 radical (unpaired) electrons. The molecule has 1 heterocycles. The summed E-state index contributed by atoms with van der Waals surface area (Å²) in [5, 5.41) is 4.48. The minimum atomic E-state index is -0.221. The molecule has 0 bridgehead atoms. The molecule has 0 unspecified atom stereocenters. The smallest absolute Gasteiger partial charge is 0.123 e. The summed E-state index contributed by atoms with van der Waals surface area (Å²) >= 11 is 13.7. The molecule has 5 heteroatoms. The van der Waals surface area contributed by atoms with Crippen LogP contribution >= 0.6 is 35.0 Å². The lowest BCUT2D eigenvalue weighted by molar-refractivity contribution is 0.625. The van der Waals surface area contributed by atoms with Crippen molar-refractivity contribution in [3.8, 4) is 0 Å². The number of halogens is 3. The number of hydrogen-bond donors (Lipinski definition) is 1. The second kappa shape index (κ2) is 7.05. The fraction of sp³-hybridized carbons (Fsp3) is 0.176. The van der Waals surface area contributed by atoms with Gasteiger partial charge in [0.05, 0.1) is 5.02 Å². The Morgan fingerprint density at radius 2 is 1.86 bits per heavy atom. The van der Waals surface area contributed by atoms with Crippen molar-refractivity contribution >= 4 is 40.5 Å². The van der Waals surface area contributed by atoms with Gasteiger partial charge in [-0.15, -0.1) is 0 Å². The van der Waals surface area contributed by atoms with Gasteiger partial charge in [0.15, 0.2) is 0 Å². The van der Waals surface area contributed by atoms with Crippen molar-refractivity contribution in [1.29, 1.82) is 0 Å². The summed E-state index contributed by atoms with van der Waals surface area (Å²) in [5.41, 5.74) is 2.11. The van der Waals surface area contributed by atoms with Crippen molar-refractivity contribution in [2.45, 2.75) is 16.2 Å². The predicted molar refractivity (Wildman–Crippen MR) is 92.4 cm³/mol. The van der Waals surface area contributed by atoms with Crippen LogP contribution in [-0.4, -0.2) is 13.1 Å². The van der Waals surface area contributed by atoms with Gasteiger partial charge in [0.25, 0.3) is 0 Å². The van der Waals surface area contributed by atoms with Crippen LogP contribution in [0.2, 0.25) is 10.0 Å². The first-order chi connectivity index (χ1) is 10.6. The molecule has 0 aliphatic carbocycles. The Kier molecular flexibility index (Phi) is 5.09. The van der Waals surface area contributed by atoms with E-state index in [1.165, 1.54) is 23.4 Å². The average Bonchev–Trinajstić information content (AvgIpc) is 2.52. The van der Waals surface area contributed by atoms with E-state index in [0.717, 1.165) is 34.9 Å². The van der Waals surface area contributed by atoms with Gasteiger partial charge in [-0.1, -0.05) is 41.0 Å². The molecular formula is C17H14Cl2FNS.